The molecule has 0 aliphatic rings. The number of carboxylic acid groups (broad SMARTS) is 1. The molecule has 3 aromatic rings. The van der Waals surface area contributed by atoms with Crippen LogP contribution in [0.15, 0.2) is 39.2 Å². The molecule has 0 radical (unpaired) electrons. The zero-order valence-corrected chi connectivity index (χ0v) is 11.5. The minimum absolute atomic E-state index is 0.169. The number of rotatable bonds is 3. The summed E-state index contributed by atoms with van der Waals surface area (Å²) in [7, 11) is 0. The maximum atomic E-state index is 11.0. The van der Waals surface area contributed by atoms with Crippen LogP contribution in [0.2, 0.25) is 0 Å². The third-order valence-corrected chi connectivity index (χ3v) is 3.05. The van der Waals surface area contributed by atoms with Gasteiger partial charge in [0, 0.05) is 5.56 Å². The van der Waals surface area contributed by atoms with Crippen LogP contribution in [0.3, 0.4) is 0 Å². The van der Waals surface area contributed by atoms with Gasteiger partial charge in [-0.1, -0.05) is 6.07 Å². The number of benzene rings is 1. The van der Waals surface area contributed by atoms with Gasteiger partial charge in [-0.3, -0.25) is 0 Å². The number of nitrogens with zero attached hydrogens (tertiary/aromatic N) is 2. The van der Waals surface area contributed by atoms with Crippen LogP contribution in [0.4, 0.5) is 0 Å². The van der Waals surface area contributed by atoms with Gasteiger partial charge < -0.3 is 13.9 Å². The van der Waals surface area contributed by atoms with Gasteiger partial charge in [0.05, 0.1) is 11.1 Å². The Morgan fingerprint density at radius 1 is 1.10 bits per heavy atom. The topological polar surface area (TPSA) is 89.4 Å². The number of aromatic nitrogens is 2. The summed E-state index contributed by atoms with van der Waals surface area (Å²) in [5.41, 5.74) is 1.47. The standard InChI is InChI=1S/C15H12N2O4/c1-8-6-12(9(2)20-8)14-17-16-13(21-14)10-4-3-5-11(7-10)15(18)19/h3-7H,1-2H3,(H,18,19). The molecule has 6 heteroatoms. The summed E-state index contributed by atoms with van der Waals surface area (Å²) < 4.78 is 11.0. The highest BCUT2D eigenvalue weighted by molar-refractivity contribution is 5.88. The van der Waals surface area contributed by atoms with Crippen LogP contribution in [0.25, 0.3) is 22.9 Å². The van der Waals surface area contributed by atoms with E-state index in [-0.39, 0.29) is 11.5 Å². The van der Waals surface area contributed by atoms with Gasteiger partial charge >= 0.3 is 5.97 Å². The molecule has 0 amide bonds. The number of carboxylic acids is 1. The first kappa shape index (κ1) is 13.1. The molecule has 0 fully saturated rings. The quantitative estimate of drug-likeness (QED) is 0.793. The molecule has 0 unspecified atom stereocenters. The van der Waals surface area contributed by atoms with E-state index in [0.717, 1.165) is 11.3 Å². The number of hydrogen-bond acceptors (Lipinski definition) is 5. The lowest BCUT2D eigenvalue weighted by Gasteiger charge is -1.97. The summed E-state index contributed by atoms with van der Waals surface area (Å²) >= 11 is 0. The molecule has 0 saturated heterocycles. The molecular weight excluding hydrogens is 272 g/mol. The van der Waals surface area contributed by atoms with Crippen molar-refractivity contribution in [1.82, 2.24) is 10.2 Å². The smallest absolute Gasteiger partial charge is 0.335 e. The molecule has 0 atom stereocenters. The number of carbonyl (C=O) groups is 1. The fourth-order valence-electron chi connectivity index (χ4n) is 2.08. The van der Waals surface area contributed by atoms with Crippen molar-refractivity contribution in [3.63, 3.8) is 0 Å². The number of hydrogen-bond donors (Lipinski definition) is 1. The summed E-state index contributed by atoms with van der Waals surface area (Å²) in [6.07, 6.45) is 0. The van der Waals surface area contributed by atoms with E-state index >= 15 is 0 Å². The van der Waals surface area contributed by atoms with Gasteiger partial charge in [0.25, 0.3) is 5.89 Å². The van der Waals surface area contributed by atoms with Gasteiger partial charge in [0.2, 0.25) is 5.89 Å². The van der Waals surface area contributed by atoms with Crippen molar-refractivity contribution in [3.8, 4) is 22.9 Å². The summed E-state index contributed by atoms with van der Waals surface area (Å²) in [5.74, 6) is 1.07. The van der Waals surface area contributed by atoms with Gasteiger partial charge in [-0.2, -0.15) is 0 Å². The molecule has 0 saturated carbocycles. The van der Waals surface area contributed by atoms with Crippen molar-refractivity contribution in [2.75, 3.05) is 0 Å². The molecule has 6 nitrogen and oxygen atoms in total. The predicted molar refractivity (Wildman–Crippen MR) is 73.9 cm³/mol. The maximum Gasteiger partial charge on any atom is 0.335 e. The fraction of sp³-hybridized carbons (Fsp3) is 0.133. The van der Waals surface area contributed by atoms with Gasteiger partial charge in [-0.15, -0.1) is 10.2 Å². The Morgan fingerprint density at radius 2 is 1.86 bits per heavy atom. The van der Waals surface area contributed by atoms with Crippen molar-refractivity contribution in [2.24, 2.45) is 0 Å². The van der Waals surface area contributed by atoms with Crippen LogP contribution in [0, 0.1) is 13.8 Å². The van der Waals surface area contributed by atoms with Gasteiger partial charge in [0.15, 0.2) is 0 Å². The van der Waals surface area contributed by atoms with E-state index in [4.69, 9.17) is 13.9 Å². The summed E-state index contributed by atoms with van der Waals surface area (Å²) in [4.78, 5) is 11.0. The molecule has 2 aromatic heterocycles. The fourth-order valence-corrected chi connectivity index (χ4v) is 2.08. The predicted octanol–water partition coefficient (Wildman–Crippen LogP) is 3.31. The van der Waals surface area contributed by atoms with Crippen LogP contribution in [-0.2, 0) is 0 Å². The molecule has 3 rings (SSSR count). The molecular formula is C15H12N2O4. The van der Waals surface area contributed by atoms with E-state index in [1.165, 1.54) is 12.1 Å². The third-order valence-electron chi connectivity index (χ3n) is 3.05. The second-order valence-corrected chi connectivity index (χ2v) is 4.63. The van der Waals surface area contributed by atoms with E-state index in [2.05, 4.69) is 10.2 Å². The molecule has 0 aliphatic carbocycles. The SMILES string of the molecule is Cc1cc(-c2nnc(-c3cccc(C(=O)O)c3)o2)c(C)o1. The van der Waals surface area contributed by atoms with E-state index in [9.17, 15) is 4.79 Å². The van der Waals surface area contributed by atoms with E-state index in [0.29, 0.717) is 17.2 Å². The zero-order chi connectivity index (χ0) is 15.0. The minimum Gasteiger partial charge on any atom is -0.478 e. The Bertz CT molecular complexity index is 817. The van der Waals surface area contributed by atoms with Crippen LogP contribution < -0.4 is 0 Å². The second kappa shape index (κ2) is 4.90. The average Bonchev–Trinajstić information content (AvgIpc) is 3.05. The molecule has 0 bridgehead atoms. The molecule has 0 aliphatic heterocycles. The van der Waals surface area contributed by atoms with Gasteiger partial charge in [-0.25, -0.2) is 4.79 Å². The molecule has 2 heterocycles. The lowest BCUT2D eigenvalue weighted by Crippen LogP contribution is -1.95. The lowest BCUT2D eigenvalue weighted by molar-refractivity contribution is 0.0697. The Kier molecular flexibility index (Phi) is 3.06. The monoisotopic (exact) mass is 284 g/mol. The Hall–Kier alpha value is -2.89. The van der Waals surface area contributed by atoms with E-state index in [1.807, 2.05) is 19.9 Å². The van der Waals surface area contributed by atoms with Gasteiger partial charge in [-0.05, 0) is 38.1 Å². The van der Waals surface area contributed by atoms with Crippen molar-refractivity contribution in [2.45, 2.75) is 13.8 Å². The maximum absolute atomic E-state index is 11.0. The van der Waals surface area contributed by atoms with Gasteiger partial charge in [0.1, 0.15) is 11.5 Å². The van der Waals surface area contributed by atoms with Crippen LogP contribution >= 0.6 is 0 Å². The Labute approximate surface area is 120 Å². The molecule has 21 heavy (non-hydrogen) atoms. The first-order chi connectivity index (χ1) is 10.0. The third kappa shape index (κ3) is 2.43. The largest absolute Gasteiger partial charge is 0.478 e. The lowest BCUT2D eigenvalue weighted by atomic mass is 10.1. The minimum atomic E-state index is -1.00. The highest BCUT2D eigenvalue weighted by atomic mass is 16.4. The summed E-state index contributed by atoms with van der Waals surface area (Å²) in [6.45, 7) is 3.65. The number of aryl methyl sites for hydroxylation is 2. The summed E-state index contributed by atoms with van der Waals surface area (Å²) in [6, 6.07) is 8.17. The summed E-state index contributed by atoms with van der Waals surface area (Å²) in [5, 5.41) is 16.9. The number of aromatic carboxylic acids is 1. The Morgan fingerprint density at radius 3 is 2.52 bits per heavy atom. The zero-order valence-electron chi connectivity index (χ0n) is 11.5. The van der Waals surface area contributed by atoms with Crippen LogP contribution in [-0.4, -0.2) is 21.3 Å². The molecule has 1 aromatic carbocycles. The van der Waals surface area contributed by atoms with Crippen molar-refractivity contribution in [1.29, 1.82) is 0 Å². The first-order valence-electron chi connectivity index (χ1n) is 6.29. The normalized spacial score (nSPS) is 10.8. The highest BCUT2D eigenvalue weighted by Gasteiger charge is 2.16. The van der Waals surface area contributed by atoms with Crippen LogP contribution in [0.1, 0.15) is 21.9 Å². The van der Waals surface area contributed by atoms with Crippen molar-refractivity contribution >= 4 is 5.97 Å². The average molecular weight is 284 g/mol. The highest BCUT2D eigenvalue weighted by Crippen LogP contribution is 2.28. The molecule has 1 N–H and O–H groups in total. The van der Waals surface area contributed by atoms with Crippen LogP contribution in [0.5, 0.6) is 0 Å². The second-order valence-electron chi connectivity index (χ2n) is 4.63. The Balaban J connectivity index is 2.00. The van der Waals surface area contributed by atoms with E-state index in [1.54, 1.807) is 12.1 Å². The molecule has 0 spiro atoms. The number of furan rings is 1. The van der Waals surface area contributed by atoms with E-state index < -0.39 is 5.97 Å². The first-order valence-corrected chi connectivity index (χ1v) is 6.29. The van der Waals surface area contributed by atoms with Crippen molar-refractivity contribution < 1.29 is 18.7 Å². The molecule has 106 valence electrons. The van der Waals surface area contributed by atoms with Crippen molar-refractivity contribution in [3.05, 3.63) is 47.4 Å².